The van der Waals surface area contributed by atoms with Gasteiger partial charge in [-0.25, -0.2) is 9.18 Å². The van der Waals surface area contributed by atoms with E-state index >= 15 is 0 Å². The molecule has 0 radical (unpaired) electrons. The zero-order valence-electron chi connectivity index (χ0n) is 13.4. The molecule has 1 N–H and O–H groups in total. The largest absolute Gasteiger partial charge is 0.366 e. The molecule has 24 heavy (non-hydrogen) atoms. The number of piperazine rings is 1. The number of nitrogens with zero attached hydrogens (tertiary/aromatic N) is 2. The van der Waals surface area contributed by atoms with Crippen LogP contribution in [0, 0.1) is 12.7 Å². The van der Waals surface area contributed by atoms with Crippen LogP contribution in [0.4, 0.5) is 20.6 Å². The summed E-state index contributed by atoms with van der Waals surface area (Å²) in [6.45, 7) is 4.20. The second-order valence-electron chi connectivity index (χ2n) is 5.82. The molecule has 1 aliphatic heterocycles. The number of amides is 2. The molecule has 6 heteroatoms. The number of hydrogen-bond acceptors (Lipinski definition) is 2. The van der Waals surface area contributed by atoms with Crippen LogP contribution >= 0.6 is 11.6 Å². The van der Waals surface area contributed by atoms with E-state index in [0.29, 0.717) is 42.6 Å². The number of nitrogens with one attached hydrogen (secondary N) is 1. The molecule has 0 bridgehead atoms. The third-order valence-electron chi connectivity index (χ3n) is 4.18. The molecule has 1 fully saturated rings. The van der Waals surface area contributed by atoms with Gasteiger partial charge in [-0.1, -0.05) is 29.8 Å². The van der Waals surface area contributed by atoms with Gasteiger partial charge in [-0.05, 0) is 36.8 Å². The van der Waals surface area contributed by atoms with Crippen LogP contribution in [-0.4, -0.2) is 37.1 Å². The number of halogens is 2. The normalized spacial score (nSPS) is 14.6. The van der Waals surface area contributed by atoms with E-state index in [4.69, 9.17) is 11.6 Å². The molecule has 0 aliphatic carbocycles. The lowest BCUT2D eigenvalue weighted by Gasteiger charge is -2.36. The molecule has 3 rings (SSSR count). The Kier molecular flexibility index (Phi) is 4.90. The number of benzene rings is 2. The van der Waals surface area contributed by atoms with Gasteiger partial charge in [0.25, 0.3) is 0 Å². The van der Waals surface area contributed by atoms with Crippen LogP contribution < -0.4 is 10.2 Å². The van der Waals surface area contributed by atoms with Gasteiger partial charge < -0.3 is 15.1 Å². The highest BCUT2D eigenvalue weighted by atomic mass is 35.5. The third-order valence-corrected chi connectivity index (χ3v) is 4.59. The standard InChI is InChI=1S/C18H19ClFN3O/c1-13-6-7-14(12-15(13)19)21-18(24)23-10-8-22(9-11-23)17-5-3-2-4-16(17)20/h2-7,12H,8-11H2,1H3,(H,21,24). The summed E-state index contributed by atoms with van der Waals surface area (Å²) in [6, 6.07) is 12.0. The van der Waals surface area contributed by atoms with Gasteiger partial charge in [0.2, 0.25) is 0 Å². The summed E-state index contributed by atoms with van der Waals surface area (Å²) in [7, 11) is 0. The zero-order valence-corrected chi connectivity index (χ0v) is 14.2. The molecule has 2 aromatic carbocycles. The minimum atomic E-state index is -0.232. The van der Waals surface area contributed by atoms with Crippen molar-refractivity contribution in [3.8, 4) is 0 Å². The SMILES string of the molecule is Cc1ccc(NC(=O)N2CCN(c3ccccc3F)CC2)cc1Cl. The predicted octanol–water partition coefficient (Wildman–Crippen LogP) is 4.14. The number of aryl methyl sites for hydroxylation is 1. The van der Waals surface area contributed by atoms with E-state index in [9.17, 15) is 9.18 Å². The summed E-state index contributed by atoms with van der Waals surface area (Å²) in [5.41, 5.74) is 2.23. The zero-order chi connectivity index (χ0) is 17.1. The molecule has 126 valence electrons. The van der Waals surface area contributed by atoms with E-state index in [-0.39, 0.29) is 11.8 Å². The van der Waals surface area contributed by atoms with Crippen LogP contribution in [-0.2, 0) is 0 Å². The molecule has 1 heterocycles. The molecule has 2 aromatic rings. The number of para-hydroxylation sites is 1. The monoisotopic (exact) mass is 347 g/mol. The van der Waals surface area contributed by atoms with Gasteiger partial charge in [0, 0.05) is 36.9 Å². The number of hydrogen-bond donors (Lipinski definition) is 1. The summed E-state index contributed by atoms with van der Waals surface area (Å²) < 4.78 is 13.8. The van der Waals surface area contributed by atoms with E-state index in [1.165, 1.54) is 6.07 Å². The molecular formula is C18H19ClFN3O. The lowest BCUT2D eigenvalue weighted by molar-refractivity contribution is 0.208. The summed E-state index contributed by atoms with van der Waals surface area (Å²) in [5.74, 6) is -0.232. The molecule has 0 aromatic heterocycles. The summed E-state index contributed by atoms with van der Waals surface area (Å²) >= 11 is 6.08. The first kappa shape index (κ1) is 16.6. The Labute approximate surface area is 145 Å². The van der Waals surface area contributed by atoms with Crippen LogP contribution in [0.15, 0.2) is 42.5 Å². The first-order valence-corrected chi connectivity index (χ1v) is 8.24. The quantitative estimate of drug-likeness (QED) is 0.886. The average Bonchev–Trinajstić information content (AvgIpc) is 2.59. The molecule has 0 atom stereocenters. The molecule has 1 aliphatic rings. The molecular weight excluding hydrogens is 329 g/mol. The van der Waals surface area contributed by atoms with E-state index in [0.717, 1.165) is 5.56 Å². The van der Waals surface area contributed by atoms with Crippen molar-refractivity contribution in [2.45, 2.75) is 6.92 Å². The van der Waals surface area contributed by atoms with Crippen molar-refractivity contribution in [3.63, 3.8) is 0 Å². The second-order valence-corrected chi connectivity index (χ2v) is 6.23. The summed E-state index contributed by atoms with van der Waals surface area (Å²) in [4.78, 5) is 16.0. The topological polar surface area (TPSA) is 35.6 Å². The Balaban J connectivity index is 1.59. The number of carbonyl (C=O) groups is 1. The smallest absolute Gasteiger partial charge is 0.321 e. The van der Waals surface area contributed by atoms with Gasteiger partial charge in [-0.15, -0.1) is 0 Å². The van der Waals surface area contributed by atoms with Crippen LogP contribution in [0.5, 0.6) is 0 Å². The van der Waals surface area contributed by atoms with Gasteiger partial charge in [-0.3, -0.25) is 0 Å². The third kappa shape index (κ3) is 3.62. The maximum atomic E-state index is 13.8. The van der Waals surface area contributed by atoms with E-state index in [1.807, 2.05) is 30.0 Å². The maximum Gasteiger partial charge on any atom is 0.321 e. The van der Waals surface area contributed by atoms with Gasteiger partial charge >= 0.3 is 6.03 Å². The van der Waals surface area contributed by atoms with Crippen molar-refractivity contribution in [1.29, 1.82) is 0 Å². The molecule has 0 unspecified atom stereocenters. The van der Waals surface area contributed by atoms with E-state index in [1.54, 1.807) is 23.1 Å². The molecule has 1 saturated heterocycles. The van der Waals surface area contributed by atoms with E-state index < -0.39 is 0 Å². The van der Waals surface area contributed by atoms with Gasteiger partial charge in [0.1, 0.15) is 5.82 Å². The van der Waals surface area contributed by atoms with Crippen molar-refractivity contribution >= 4 is 29.0 Å². The van der Waals surface area contributed by atoms with Crippen molar-refractivity contribution < 1.29 is 9.18 Å². The van der Waals surface area contributed by atoms with Crippen LogP contribution in [0.1, 0.15) is 5.56 Å². The van der Waals surface area contributed by atoms with Gasteiger partial charge in [-0.2, -0.15) is 0 Å². The van der Waals surface area contributed by atoms with Crippen LogP contribution in [0.25, 0.3) is 0 Å². The Morgan fingerprint density at radius 3 is 2.50 bits per heavy atom. The number of carbonyl (C=O) groups excluding carboxylic acids is 1. The number of anilines is 2. The van der Waals surface area contributed by atoms with Crippen molar-refractivity contribution in [3.05, 3.63) is 58.9 Å². The highest BCUT2D eigenvalue weighted by molar-refractivity contribution is 6.31. The van der Waals surface area contributed by atoms with Crippen molar-refractivity contribution in [2.75, 3.05) is 36.4 Å². The fourth-order valence-electron chi connectivity index (χ4n) is 2.73. The minimum Gasteiger partial charge on any atom is -0.366 e. The molecule has 4 nitrogen and oxygen atoms in total. The van der Waals surface area contributed by atoms with Crippen LogP contribution in [0.2, 0.25) is 5.02 Å². The van der Waals surface area contributed by atoms with Crippen LogP contribution in [0.3, 0.4) is 0 Å². The lowest BCUT2D eigenvalue weighted by atomic mass is 10.2. The molecule has 2 amide bonds. The second kappa shape index (κ2) is 7.09. The average molecular weight is 348 g/mol. The van der Waals surface area contributed by atoms with Crippen molar-refractivity contribution in [1.82, 2.24) is 4.90 Å². The Hall–Kier alpha value is -2.27. The number of urea groups is 1. The summed E-state index contributed by atoms with van der Waals surface area (Å²) in [5, 5.41) is 3.48. The fraction of sp³-hybridized carbons (Fsp3) is 0.278. The first-order valence-electron chi connectivity index (χ1n) is 7.86. The minimum absolute atomic E-state index is 0.164. The maximum absolute atomic E-state index is 13.8. The molecule has 0 spiro atoms. The highest BCUT2D eigenvalue weighted by Crippen LogP contribution is 2.22. The number of rotatable bonds is 2. The Bertz CT molecular complexity index is 745. The van der Waals surface area contributed by atoms with Gasteiger partial charge in [0.05, 0.1) is 5.69 Å². The Morgan fingerprint density at radius 1 is 1.12 bits per heavy atom. The highest BCUT2D eigenvalue weighted by Gasteiger charge is 2.22. The first-order chi connectivity index (χ1) is 11.5. The van der Waals surface area contributed by atoms with E-state index in [2.05, 4.69) is 5.32 Å². The Morgan fingerprint density at radius 2 is 1.83 bits per heavy atom. The fourth-order valence-corrected chi connectivity index (χ4v) is 2.91. The van der Waals surface area contributed by atoms with Gasteiger partial charge in [0.15, 0.2) is 0 Å². The van der Waals surface area contributed by atoms with Crippen molar-refractivity contribution in [2.24, 2.45) is 0 Å². The predicted molar refractivity (Wildman–Crippen MR) is 95.4 cm³/mol. The summed E-state index contributed by atoms with van der Waals surface area (Å²) in [6.07, 6.45) is 0. The molecule has 0 saturated carbocycles. The lowest BCUT2D eigenvalue weighted by Crippen LogP contribution is -2.50.